The highest BCUT2D eigenvalue weighted by atomic mass is 16.5. The predicted molar refractivity (Wildman–Crippen MR) is 129 cm³/mol. The molecule has 0 fully saturated rings. The van der Waals surface area contributed by atoms with Gasteiger partial charge < -0.3 is 9.47 Å². The molecular formula is C28H38O4. The zero-order valence-corrected chi connectivity index (χ0v) is 20.5. The molecule has 0 spiro atoms. The fourth-order valence-corrected chi connectivity index (χ4v) is 3.55. The van der Waals surface area contributed by atoms with E-state index in [0.29, 0.717) is 24.3 Å². The van der Waals surface area contributed by atoms with Gasteiger partial charge in [0.05, 0.1) is 24.3 Å². The van der Waals surface area contributed by atoms with Gasteiger partial charge in [-0.3, -0.25) is 0 Å². The number of carbonyl (C=O) groups excluding carboxylic acids is 2. The number of ether oxygens (including phenoxy) is 2. The Hall–Kier alpha value is -2.62. The van der Waals surface area contributed by atoms with Crippen molar-refractivity contribution >= 4 is 11.9 Å². The minimum atomic E-state index is -0.275. The van der Waals surface area contributed by atoms with E-state index in [2.05, 4.69) is 41.5 Å². The molecule has 0 amide bonds. The normalized spacial score (nSPS) is 11.8. The Bertz CT molecular complexity index is 801. The third kappa shape index (κ3) is 5.99. The lowest BCUT2D eigenvalue weighted by Gasteiger charge is -2.43. The zero-order valence-electron chi connectivity index (χ0n) is 20.5. The van der Waals surface area contributed by atoms with E-state index in [-0.39, 0.29) is 22.8 Å². The third-order valence-electron chi connectivity index (χ3n) is 6.71. The first-order chi connectivity index (χ1) is 15.1. The van der Waals surface area contributed by atoms with Gasteiger partial charge in [0, 0.05) is 0 Å². The molecule has 4 heteroatoms. The molecule has 4 nitrogen and oxygen atoms in total. The van der Waals surface area contributed by atoms with Gasteiger partial charge in [-0.15, -0.1) is 0 Å². The van der Waals surface area contributed by atoms with Crippen LogP contribution in [-0.2, 0) is 20.3 Å². The Labute approximate surface area is 193 Å². The summed E-state index contributed by atoms with van der Waals surface area (Å²) >= 11 is 0. The summed E-state index contributed by atoms with van der Waals surface area (Å²) < 4.78 is 10.6. The Morgan fingerprint density at radius 1 is 0.625 bits per heavy atom. The largest absolute Gasteiger partial charge is 0.462 e. The van der Waals surface area contributed by atoms with Gasteiger partial charge in [-0.1, -0.05) is 78.6 Å². The summed E-state index contributed by atoms with van der Waals surface area (Å²) in [5, 5.41) is 0. The highest BCUT2D eigenvalue weighted by Crippen LogP contribution is 2.43. The molecule has 0 unspecified atom stereocenters. The number of benzene rings is 2. The maximum atomic E-state index is 12.2. The molecule has 0 aromatic heterocycles. The number of unbranched alkanes of at least 4 members (excludes halogenated alkanes) is 2. The van der Waals surface area contributed by atoms with Gasteiger partial charge in [-0.25, -0.2) is 9.59 Å². The summed E-state index contributed by atoms with van der Waals surface area (Å²) in [6.45, 7) is 13.9. The third-order valence-corrected chi connectivity index (χ3v) is 6.71. The van der Waals surface area contributed by atoms with Crippen LogP contribution in [0.4, 0.5) is 0 Å². The maximum absolute atomic E-state index is 12.2. The monoisotopic (exact) mass is 438 g/mol. The lowest BCUT2D eigenvalue weighted by Crippen LogP contribution is -2.40. The molecule has 2 aromatic carbocycles. The van der Waals surface area contributed by atoms with Gasteiger partial charge in [0.25, 0.3) is 0 Å². The Morgan fingerprint density at radius 2 is 0.938 bits per heavy atom. The van der Waals surface area contributed by atoms with Crippen molar-refractivity contribution in [2.75, 3.05) is 13.2 Å². The van der Waals surface area contributed by atoms with Gasteiger partial charge in [0.1, 0.15) is 0 Å². The first-order valence-electron chi connectivity index (χ1n) is 11.7. The molecular weight excluding hydrogens is 400 g/mol. The average molecular weight is 439 g/mol. The van der Waals surface area contributed by atoms with Gasteiger partial charge >= 0.3 is 11.9 Å². The van der Waals surface area contributed by atoms with Crippen LogP contribution >= 0.6 is 0 Å². The number of hydrogen-bond donors (Lipinski definition) is 0. The lowest BCUT2D eigenvalue weighted by atomic mass is 9.61. The second-order valence-electron chi connectivity index (χ2n) is 9.38. The number of esters is 2. The molecule has 0 atom stereocenters. The van der Waals surface area contributed by atoms with Crippen LogP contribution in [0.1, 0.15) is 99.1 Å². The molecule has 2 rings (SSSR count). The summed E-state index contributed by atoms with van der Waals surface area (Å²) in [4.78, 5) is 24.4. The standard InChI is InChI=1S/C28H38O4/c1-7-9-19-31-25(29)21-11-15-23(16-12-21)27(3,4)28(5,6)24-17-13-22(14-18-24)26(30)32-20-10-8-2/h11-18H,7-10,19-20H2,1-6H3. The Balaban J connectivity index is 2.16. The number of rotatable bonds is 11. The summed E-state index contributed by atoms with van der Waals surface area (Å²) in [6.07, 6.45) is 3.74. The van der Waals surface area contributed by atoms with E-state index in [9.17, 15) is 9.59 Å². The zero-order chi connectivity index (χ0) is 23.8. The summed E-state index contributed by atoms with van der Waals surface area (Å²) in [5.74, 6) is -0.549. The highest BCUT2D eigenvalue weighted by Gasteiger charge is 2.39. The van der Waals surface area contributed by atoms with Crippen LogP contribution in [0.15, 0.2) is 48.5 Å². The molecule has 0 bridgehead atoms. The van der Waals surface area contributed by atoms with Crippen molar-refractivity contribution in [3.63, 3.8) is 0 Å². The summed E-state index contributed by atoms with van der Waals surface area (Å²) in [7, 11) is 0. The van der Waals surface area contributed by atoms with E-state index < -0.39 is 0 Å². The minimum Gasteiger partial charge on any atom is -0.462 e. The molecule has 0 saturated carbocycles. The van der Waals surface area contributed by atoms with Crippen molar-refractivity contribution in [3.8, 4) is 0 Å². The fourth-order valence-electron chi connectivity index (χ4n) is 3.55. The summed E-state index contributed by atoms with van der Waals surface area (Å²) in [6, 6.07) is 15.4. The molecule has 32 heavy (non-hydrogen) atoms. The molecule has 0 saturated heterocycles. The quantitative estimate of drug-likeness (QED) is 0.284. The molecule has 2 aromatic rings. The van der Waals surface area contributed by atoms with Crippen LogP contribution < -0.4 is 0 Å². The van der Waals surface area contributed by atoms with E-state index >= 15 is 0 Å². The van der Waals surface area contributed by atoms with E-state index in [4.69, 9.17) is 9.47 Å². The topological polar surface area (TPSA) is 52.6 Å². The lowest BCUT2D eigenvalue weighted by molar-refractivity contribution is 0.0490. The maximum Gasteiger partial charge on any atom is 0.338 e. The summed E-state index contributed by atoms with van der Waals surface area (Å²) in [5.41, 5.74) is 2.97. The van der Waals surface area contributed by atoms with E-state index in [1.807, 2.05) is 48.5 Å². The van der Waals surface area contributed by atoms with Gasteiger partial charge in [0.15, 0.2) is 0 Å². The number of carbonyl (C=O) groups is 2. The van der Waals surface area contributed by atoms with Crippen molar-refractivity contribution < 1.29 is 19.1 Å². The fraction of sp³-hybridized carbons (Fsp3) is 0.500. The molecule has 0 aliphatic carbocycles. The molecule has 0 N–H and O–H groups in total. The average Bonchev–Trinajstić information content (AvgIpc) is 2.79. The SMILES string of the molecule is CCCCOC(=O)c1ccc(C(C)(C)C(C)(C)c2ccc(C(=O)OCCCC)cc2)cc1. The highest BCUT2D eigenvalue weighted by molar-refractivity contribution is 5.90. The van der Waals surface area contributed by atoms with E-state index in [1.54, 1.807) is 0 Å². The molecule has 0 aliphatic rings. The second-order valence-corrected chi connectivity index (χ2v) is 9.38. The number of hydrogen-bond acceptors (Lipinski definition) is 4. The smallest absolute Gasteiger partial charge is 0.338 e. The molecule has 0 radical (unpaired) electrons. The van der Waals surface area contributed by atoms with Crippen LogP contribution in [0.2, 0.25) is 0 Å². The van der Waals surface area contributed by atoms with E-state index in [0.717, 1.165) is 36.8 Å². The van der Waals surface area contributed by atoms with Crippen molar-refractivity contribution in [2.45, 2.75) is 78.1 Å². The second kappa shape index (κ2) is 11.3. The van der Waals surface area contributed by atoms with Crippen molar-refractivity contribution in [3.05, 3.63) is 70.8 Å². The van der Waals surface area contributed by atoms with Crippen molar-refractivity contribution in [1.29, 1.82) is 0 Å². The van der Waals surface area contributed by atoms with Crippen LogP contribution in [0.5, 0.6) is 0 Å². The van der Waals surface area contributed by atoms with Crippen molar-refractivity contribution in [1.82, 2.24) is 0 Å². The first-order valence-corrected chi connectivity index (χ1v) is 11.7. The van der Waals surface area contributed by atoms with Gasteiger partial charge in [-0.05, 0) is 59.1 Å². The molecule has 0 heterocycles. The van der Waals surface area contributed by atoms with Gasteiger partial charge in [0.2, 0.25) is 0 Å². The molecule has 0 aliphatic heterocycles. The van der Waals surface area contributed by atoms with Crippen LogP contribution in [0.3, 0.4) is 0 Å². The van der Waals surface area contributed by atoms with Crippen LogP contribution in [0.25, 0.3) is 0 Å². The van der Waals surface area contributed by atoms with Crippen LogP contribution in [-0.4, -0.2) is 25.2 Å². The van der Waals surface area contributed by atoms with Crippen molar-refractivity contribution in [2.24, 2.45) is 0 Å². The van der Waals surface area contributed by atoms with E-state index in [1.165, 1.54) is 0 Å². The van der Waals surface area contributed by atoms with Crippen LogP contribution in [0, 0.1) is 0 Å². The van der Waals surface area contributed by atoms with Gasteiger partial charge in [-0.2, -0.15) is 0 Å². The first kappa shape index (κ1) is 25.6. The molecule has 174 valence electrons. The Morgan fingerprint density at radius 3 is 1.22 bits per heavy atom. The minimum absolute atomic E-state index is 0.221. The predicted octanol–water partition coefficient (Wildman–Crippen LogP) is 6.86. The Kier molecular flexibility index (Phi) is 9.06.